The number of methoxy groups -OCH3 is 1. The zero-order valence-corrected chi connectivity index (χ0v) is 18.7. The molecule has 0 bridgehead atoms. The maximum Gasteiger partial charge on any atom is 0.416 e. The number of aromatic nitrogens is 2. The van der Waals surface area contributed by atoms with Gasteiger partial charge in [0, 0.05) is 33.0 Å². The van der Waals surface area contributed by atoms with E-state index in [0.717, 1.165) is 12.1 Å². The Morgan fingerprint density at radius 1 is 1.21 bits per heavy atom. The second-order valence-electron chi connectivity index (χ2n) is 8.39. The van der Waals surface area contributed by atoms with Crippen molar-refractivity contribution in [3.8, 4) is 5.75 Å². The van der Waals surface area contributed by atoms with Crippen LogP contribution in [-0.2, 0) is 15.7 Å². The lowest BCUT2D eigenvalue weighted by Gasteiger charge is -2.38. The molecule has 0 saturated heterocycles. The van der Waals surface area contributed by atoms with Gasteiger partial charge in [-0.15, -0.1) is 0 Å². The zero-order chi connectivity index (χ0) is 23.9. The molecule has 1 aliphatic heterocycles. The number of anilines is 3. The standard InChI is InChI=1S/C22H26F3N5O3/c1-11-17-19(30(3)18(12(2)32-4)20(31)28-17)29-21(26-11)27-14-9-16(10-14)33-15-7-5-13(6-8-15)22(23,24)25/h5-8,12,14,16,18H,9-10H2,1-4H3,(H,28,31)(H,26,27,29)/t12-,14?,16?,18-/m0/s1. The number of ether oxygens (including phenoxy) is 2. The third-order valence-corrected chi connectivity index (χ3v) is 6.07. The summed E-state index contributed by atoms with van der Waals surface area (Å²) in [5.74, 6) is 1.28. The summed E-state index contributed by atoms with van der Waals surface area (Å²) in [6.07, 6.45) is -3.47. The van der Waals surface area contributed by atoms with E-state index in [1.54, 1.807) is 26.0 Å². The first-order valence-electron chi connectivity index (χ1n) is 10.6. The van der Waals surface area contributed by atoms with Crippen LogP contribution in [0.4, 0.5) is 30.6 Å². The number of carbonyl (C=O) groups is 1. The van der Waals surface area contributed by atoms with Crippen LogP contribution < -0.4 is 20.3 Å². The van der Waals surface area contributed by atoms with Gasteiger partial charge in [-0.1, -0.05) is 0 Å². The molecule has 2 atom stereocenters. The predicted molar refractivity (Wildman–Crippen MR) is 117 cm³/mol. The highest BCUT2D eigenvalue weighted by atomic mass is 19.4. The third kappa shape index (κ3) is 4.68. The zero-order valence-electron chi connectivity index (χ0n) is 18.7. The average Bonchev–Trinajstić information content (AvgIpc) is 2.72. The summed E-state index contributed by atoms with van der Waals surface area (Å²) in [4.78, 5) is 23.4. The highest BCUT2D eigenvalue weighted by Gasteiger charge is 2.38. The minimum absolute atomic E-state index is 0.0686. The topological polar surface area (TPSA) is 88.6 Å². The number of hydrogen-bond acceptors (Lipinski definition) is 7. The van der Waals surface area contributed by atoms with Gasteiger partial charge in [-0.2, -0.15) is 18.2 Å². The van der Waals surface area contributed by atoms with E-state index in [4.69, 9.17) is 9.47 Å². The molecule has 0 radical (unpaired) electrons. The molecule has 11 heteroatoms. The van der Waals surface area contributed by atoms with Crippen molar-refractivity contribution in [2.75, 3.05) is 29.7 Å². The Morgan fingerprint density at radius 3 is 2.48 bits per heavy atom. The highest BCUT2D eigenvalue weighted by molar-refractivity contribution is 6.03. The number of carbonyl (C=O) groups excluding carboxylic acids is 1. The molecule has 1 fully saturated rings. The van der Waals surface area contributed by atoms with Crippen molar-refractivity contribution < 1.29 is 27.4 Å². The van der Waals surface area contributed by atoms with Gasteiger partial charge in [0.2, 0.25) is 11.9 Å². The normalized spacial score (nSPS) is 23.3. The first-order chi connectivity index (χ1) is 15.6. The number of nitrogens with zero attached hydrogens (tertiary/aromatic N) is 3. The molecule has 1 aliphatic carbocycles. The summed E-state index contributed by atoms with van der Waals surface area (Å²) < 4.78 is 49.2. The number of alkyl halides is 3. The SMILES string of the molecule is CO[C@@H](C)[C@H]1C(=O)Nc2c(C)nc(NC3CC(Oc4ccc(C(F)(F)F)cc4)C3)nc2N1C. The second kappa shape index (κ2) is 8.69. The van der Waals surface area contributed by atoms with Gasteiger partial charge in [-0.05, 0) is 38.1 Å². The van der Waals surface area contributed by atoms with Crippen molar-refractivity contribution in [2.45, 2.75) is 57.2 Å². The Morgan fingerprint density at radius 2 is 1.88 bits per heavy atom. The van der Waals surface area contributed by atoms with Crippen molar-refractivity contribution in [2.24, 2.45) is 0 Å². The Hall–Kier alpha value is -3.08. The van der Waals surface area contributed by atoms with Gasteiger partial charge < -0.3 is 25.0 Å². The Balaban J connectivity index is 1.38. The van der Waals surface area contributed by atoms with Crippen LogP contribution in [-0.4, -0.2) is 54.3 Å². The number of amides is 1. The molecule has 1 aromatic heterocycles. The van der Waals surface area contributed by atoms with Crippen LogP contribution >= 0.6 is 0 Å². The molecule has 2 aliphatic rings. The molecule has 2 heterocycles. The number of benzene rings is 1. The Kier molecular flexibility index (Phi) is 6.08. The smallest absolute Gasteiger partial charge is 0.416 e. The van der Waals surface area contributed by atoms with Crippen molar-refractivity contribution >= 4 is 23.4 Å². The molecule has 178 valence electrons. The van der Waals surface area contributed by atoms with Crippen LogP contribution in [0.2, 0.25) is 0 Å². The van der Waals surface area contributed by atoms with Crippen LogP contribution in [0.25, 0.3) is 0 Å². The van der Waals surface area contributed by atoms with Crippen LogP contribution in [0, 0.1) is 6.92 Å². The van der Waals surface area contributed by atoms with E-state index in [1.165, 1.54) is 12.1 Å². The van der Waals surface area contributed by atoms with Gasteiger partial charge in [0.05, 0.1) is 17.4 Å². The molecule has 4 rings (SSSR count). The van der Waals surface area contributed by atoms with Crippen LogP contribution in [0.1, 0.15) is 31.0 Å². The van der Waals surface area contributed by atoms with Crippen molar-refractivity contribution in [3.63, 3.8) is 0 Å². The molecular weight excluding hydrogens is 439 g/mol. The van der Waals surface area contributed by atoms with E-state index in [9.17, 15) is 18.0 Å². The highest BCUT2D eigenvalue weighted by Crippen LogP contribution is 2.35. The van der Waals surface area contributed by atoms with E-state index in [-0.39, 0.29) is 24.2 Å². The maximum absolute atomic E-state index is 12.7. The second-order valence-corrected chi connectivity index (χ2v) is 8.39. The minimum Gasteiger partial charge on any atom is -0.490 e. The monoisotopic (exact) mass is 465 g/mol. The molecule has 1 saturated carbocycles. The molecule has 33 heavy (non-hydrogen) atoms. The first-order valence-corrected chi connectivity index (χ1v) is 10.6. The first kappa shape index (κ1) is 23.1. The number of hydrogen-bond donors (Lipinski definition) is 2. The minimum atomic E-state index is -4.37. The molecule has 1 aromatic carbocycles. The van der Waals surface area contributed by atoms with E-state index in [2.05, 4.69) is 20.6 Å². The summed E-state index contributed by atoms with van der Waals surface area (Å²) in [6, 6.07) is 4.25. The molecule has 2 N–H and O–H groups in total. The quantitative estimate of drug-likeness (QED) is 0.674. The number of nitrogens with one attached hydrogen (secondary N) is 2. The summed E-state index contributed by atoms with van der Waals surface area (Å²) in [7, 11) is 3.35. The fourth-order valence-corrected chi connectivity index (χ4v) is 4.06. The van der Waals surface area contributed by atoms with Crippen molar-refractivity contribution in [3.05, 3.63) is 35.5 Å². The van der Waals surface area contributed by atoms with Crippen LogP contribution in [0.15, 0.2) is 24.3 Å². The molecule has 0 spiro atoms. The number of fused-ring (bicyclic) bond motifs is 1. The largest absolute Gasteiger partial charge is 0.490 e. The van der Waals surface area contributed by atoms with Crippen molar-refractivity contribution in [1.82, 2.24) is 9.97 Å². The average molecular weight is 465 g/mol. The summed E-state index contributed by atoms with van der Waals surface area (Å²) in [5.41, 5.74) is 0.513. The van der Waals surface area contributed by atoms with E-state index in [0.29, 0.717) is 41.7 Å². The van der Waals surface area contributed by atoms with E-state index < -0.39 is 17.8 Å². The van der Waals surface area contributed by atoms with Gasteiger partial charge in [0.15, 0.2) is 5.82 Å². The lowest BCUT2D eigenvalue weighted by atomic mass is 9.89. The number of halogens is 3. The van der Waals surface area contributed by atoms with Gasteiger partial charge in [-0.25, -0.2) is 4.98 Å². The molecule has 0 unspecified atom stereocenters. The number of rotatable bonds is 6. The lowest BCUT2D eigenvalue weighted by Crippen LogP contribution is -2.53. The molecule has 1 amide bonds. The van der Waals surface area contributed by atoms with E-state index in [1.807, 2.05) is 6.92 Å². The fourth-order valence-electron chi connectivity index (χ4n) is 4.06. The summed E-state index contributed by atoms with van der Waals surface area (Å²) >= 11 is 0. The van der Waals surface area contributed by atoms with Crippen LogP contribution in [0.5, 0.6) is 5.75 Å². The van der Waals surface area contributed by atoms with Gasteiger partial charge in [-0.3, -0.25) is 4.79 Å². The van der Waals surface area contributed by atoms with Crippen LogP contribution in [0.3, 0.4) is 0 Å². The lowest BCUT2D eigenvalue weighted by molar-refractivity contribution is -0.137. The van der Waals surface area contributed by atoms with Gasteiger partial charge in [0.25, 0.3) is 0 Å². The third-order valence-electron chi connectivity index (χ3n) is 6.07. The van der Waals surface area contributed by atoms with Crippen molar-refractivity contribution in [1.29, 1.82) is 0 Å². The fraction of sp³-hybridized carbons (Fsp3) is 0.500. The maximum atomic E-state index is 12.7. The number of aryl methyl sites for hydroxylation is 1. The number of likely N-dealkylation sites (N-methyl/N-ethyl adjacent to an activating group) is 1. The predicted octanol–water partition coefficient (Wildman–Crippen LogP) is 3.62. The van der Waals surface area contributed by atoms with Gasteiger partial charge in [0.1, 0.15) is 23.6 Å². The summed E-state index contributed by atoms with van der Waals surface area (Å²) in [6.45, 7) is 3.63. The summed E-state index contributed by atoms with van der Waals surface area (Å²) in [5, 5.41) is 6.16. The van der Waals surface area contributed by atoms with E-state index >= 15 is 0 Å². The molecule has 2 aromatic rings. The molecule has 8 nitrogen and oxygen atoms in total. The molecular formula is C22H26F3N5O3. The Bertz CT molecular complexity index is 1030. The van der Waals surface area contributed by atoms with Gasteiger partial charge >= 0.3 is 6.18 Å². The Labute approximate surface area is 189 Å².